The molecule has 19 heavy (non-hydrogen) atoms. The highest BCUT2D eigenvalue weighted by Gasteiger charge is 2.22. The van der Waals surface area contributed by atoms with E-state index in [4.69, 9.17) is 10.5 Å². The summed E-state index contributed by atoms with van der Waals surface area (Å²) in [4.78, 5) is 13.3. The summed E-state index contributed by atoms with van der Waals surface area (Å²) in [5, 5.41) is 4.13. The first kappa shape index (κ1) is 12.2. The highest BCUT2D eigenvalue weighted by molar-refractivity contribution is 7.08. The van der Waals surface area contributed by atoms with Crippen LogP contribution in [0, 0.1) is 0 Å². The number of anilines is 1. The highest BCUT2D eigenvalue weighted by atomic mass is 32.1. The van der Waals surface area contributed by atoms with Crippen LogP contribution in [0.25, 0.3) is 11.1 Å². The van der Waals surface area contributed by atoms with Crippen LogP contribution in [0.15, 0.2) is 29.0 Å². The molecule has 1 aromatic carbocycles. The molecule has 5 heteroatoms. The molecule has 0 aliphatic carbocycles. The van der Waals surface area contributed by atoms with Gasteiger partial charge in [-0.3, -0.25) is 4.79 Å². The van der Waals surface area contributed by atoms with Gasteiger partial charge < -0.3 is 15.4 Å². The molecular weight excluding hydrogens is 260 g/mol. The molecule has 3 rings (SSSR count). The number of likely N-dealkylation sites (N-methyl/N-ethyl adjacent to an activating group) is 1. The lowest BCUT2D eigenvalue weighted by molar-refractivity contribution is -0.120. The number of fused-ring (bicyclic) bond motifs is 1. The number of rotatable bonds is 2. The van der Waals surface area contributed by atoms with Crippen LogP contribution in [0.5, 0.6) is 5.75 Å². The first-order valence-electron chi connectivity index (χ1n) is 5.99. The van der Waals surface area contributed by atoms with Gasteiger partial charge in [-0.25, -0.2) is 0 Å². The number of carbonyl (C=O) groups is 1. The van der Waals surface area contributed by atoms with Crippen molar-refractivity contribution in [3.8, 4) is 16.9 Å². The Balaban J connectivity index is 2.08. The average molecular weight is 274 g/mol. The summed E-state index contributed by atoms with van der Waals surface area (Å²) in [6, 6.07) is 5.89. The van der Waals surface area contributed by atoms with Gasteiger partial charge in [-0.1, -0.05) is 6.07 Å². The van der Waals surface area contributed by atoms with Crippen LogP contribution >= 0.6 is 11.3 Å². The van der Waals surface area contributed by atoms with Gasteiger partial charge in [-0.05, 0) is 39.6 Å². The molecule has 4 nitrogen and oxygen atoms in total. The summed E-state index contributed by atoms with van der Waals surface area (Å²) in [5.41, 5.74) is 9.85. The van der Waals surface area contributed by atoms with Gasteiger partial charge in [0.1, 0.15) is 5.75 Å². The summed E-state index contributed by atoms with van der Waals surface area (Å²) in [7, 11) is 1.77. The predicted molar refractivity (Wildman–Crippen MR) is 76.6 cm³/mol. The lowest BCUT2D eigenvalue weighted by Gasteiger charge is -2.26. The quantitative estimate of drug-likeness (QED) is 0.913. The number of hydrogen-bond donors (Lipinski definition) is 1. The molecule has 2 N–H and O–H groups in total. The topological polar surface area (TPSA) is 55.6 Å². The lowest BCUT2D eigenvalue weighted by atomic mass is 10.0. The van der Waals surface area contributed by atoms with Gasteiger partial charge in [0.15, 0.2) is 6.61 Å². The summed E-state index contributed by atoms with van der Waals surface area (Å²) in [5.74, 6) is 0.712. The third-order valence-electron chi connectivity index (χ3n) is 3.32. The molecule has 1 aliphatic rings. The molecule has 0 radical (unpaired) electrons. The Hall–Kier alpha value is -1.85. The van der Waals surface area contributed by atoms with Crippen molar-refractivity contribution in [1.29, 1.82) is 0 Å². The van der Waals surface area contributed by atoms with Crippen molar-refractivity contribution >= 4 is 22.9 Å². The van der Waals surface area contributed by atoms with Gasteiger partial charge in [0.2, 0.25) is 0 Å². The molecular formula is C14H14N2O2S. The first-order valence-corrected chi connectivity index (χ1v) is 6.94. The summed E-state index contributed by atoms with van der Waals surface area (Å²) >= 11 is 1.63. The van der Waals surface area contributed by atoms with E-state index in [9.17, 15) is 4.79 Å². The van der Waals surface area contributed by atoms with E-state index in [2.05, 4.69) is 10.8 Å². The van der Waals surface area contributed by atoms with Crippen molar-refractivity contribution in [1.82, 2.24) is 0 Å². The molecule has 2 heterocycles. The Morgan fingerprint density at radius 2 is 2.26 bits per heavy atom. The number of hydrogen-bond acceptors (Lipinski definition) is 4. The zero-order valence-corrected chi connectivity index (χ0v) is 11.4. The standard InChI is InChI=1S/C14H14N2O2S/c1-16-12-4-9(11-8-19-7-10(11)5-15)2-3-13(12)18-6-14(16)17/h2-4,7-8H,5-6,15H2,1H3. The number of nitrogens with zero attached hydrogens (tertiary/aromatic N) is 1. The fourth-order valence-electron chi connectivity index (χ4n) is 2.17. The van der Waals surface area contributed by atoms with Crippen molar-refractivity contribution in [2.45, 2.75) is 6.54 Å². The van der Waals surface area contributed by atoms with Crippen LogP contribution in [0.4, 0.5) is 5.69 Å². The Bertz CT molecular complexity index is 636. The van der Waals surface area contributed by atoms with E-state index in [1.54, 1.807) is 23.3 Å². The molecule has 0 spiro atoms. The van der Waals surface area contributed by atoms with Crippen molar-refractivity contribution in [3.63, 3.8) is 0 Å². The van der Waals surface area contributed by atoms with Crippen LogP contribution in [0.1, 0.15) is 5.56 Å². The number of amides is 1. The van der Waals surface area contributed by atoms with Crippen LogP contribution in [0.3, 0.4) is 0 Å². The zero-order valence-electron chi connectivity index (χ0n) is 10.6. The lowest BCUT2D eigenvalue weighted by Crippen LogP contribution is -2.35. The minimum absolute atomic E-state index is 0.0333. The molecule has 0 saturated heterocycles. The Morgan fingerprint density at radius 3 is 3.05 bits per heavy atom. The Labute approximate surface area is 115 Å². The number of carbonyl (C=O) groups excluding carboxylic acids is 1. The van der Waals surface area contributed by atoms with E-state index < -0.39 is 0 Å². The van der Waals surface area contributed by atoms with E-state index in [-0.39, 0.29) is 12.5 Å². The number of nitrogens with two attached hydrogens (primary N) is 1. The van der Waals surface area contributed by atoms with Crippen molar-refractivity contribution in [2.24, 2.45) is 5.73 Å². The number of thiophene rings is 1. The smallest absolute Gasteiger partial charge is 0.264 e. The molecule has 1 aromatic heterocycles. The first-order chi connectivity index (χ1) is 9.20. The largest absolute Gasteiger partial charge is 0.482 e. The van der Waals surface area contributed by atoms with Gasteiger partial charge in [-0.2, -0.15) is 11.3 Å². The Kier molecular flexibility index (Phi) is 3.00. The summed E-state index contributed by atoms with van der Waals surface area (Å²) in [6.07, 6.45) is 0. The maximum Gasteiger partial charge on any atom is 0.264 e. The second kappa shape index (κ2) is 4.68. The van der Waals surface area contributed by atoms with E-state index >= 15 is 0 Å². The highest BCUT2D eigenvalue weighted by Crippen LogP contribution is 2.37. The van der Waals surface area contributed by atoms with E-state index in [1.165, 1.54) is 0 Å². The third-order valence-corrected chi connectivity index (χ3v) is 4.11. The van der Waals surface area contributed by atoms with Crippen molar-refractivity contribution in [3.05, 3.63) is 34.5 Å². The van der Waals surface area contributed by atoms with Gasteiger partial charge in [0, 0.05) is 13.6 Å². The second-order valence-electron chi connectivity index (χ2n) is 4.44. The SMILES string of the molecule is CN1C(=O)COc2ccc(-c3cscc3CN)cc21. The average Bonchev–Trinajstić information content (AvgIpc) is 2.91. The van der Waals surface area contributed by atoms with Crippen molar-refractivity contribution in [2.75, 3.05) is 18.6 Å². The third kappa shape index (κ3) is 2.01. The maximum absolute atomic E-state index is 11.7. The number of ether oxygens (including phenoxy) is 1. The van der Waals surface area contributed by atoms with Crippen LogP contribution in [-0.4, -0.2) is 19.6 Å². The Morgan fingerprint density at radius 1 is 1.42 bits per heavy atom. The molecule has 2 aromatic rings. The molecule has 0 atom stereocenters. The normalized spacial score (nSPS) is 14.2. The van der Waals surface area contributed by atoms with Crippen molar-refractivity contribution < 1.29 is 9.53 Å². The van der Waals surface area contributed by atoms with Gasteiger partial charge in [0.05, 0.1) is 5.69 Å². The van der Waals surface area contributed by atoms with Gasteiger partial charge >= 0.3 is 0 Å². The monoisotopic (exact) mass is 274 g/mol. The summed E-state index contributed by atoms with van der Waals surface area (Å²) < 4.78 is 5.42. The minimum Gasteiger partial charge on any atom is -0.482 e. The van der Waals surface area contributed by atoms with Crippen LogP contribution in [0.2, 0.25) is 0 Å². The molecule has 0 unspecified atom stereocenters. The summed E-state index contributed by atoms with van der Waals surface area (Å²) in [6.45, 7) is 0.622. The van der Waals surface area contributed by atoms with E-state index in [1.807, 2.05) is 18.2 Å². The van der Waals surface area contributed by atoms with Crippen LogP contribution in [-0.2, 0) is 11.3 Å². The second-order valence-corrected chi connectivity index (χ2v) is 5.18. The van der Waals surface area contributed by atoms with Crippen LogP contribution < -0.4 is 15.4 Å². The fraction of sp³-hybridized carbons (Fsp3) is 0.214. The molecule has 1 aliphatic heterocycles. The molecule has 0 bridgehead atoms. The van der Waals surface area contributed by atoms with Gasteiger partial charge in [0.25, 0.3) is 5.91 Å². The molecule has 1 amide bonds. The number of benzene rings is 1. The molecule has 0 saturated carbocycles. The van der Waals surface area contributed by atoms with E-state index in [0.717, 1.165) is 28.1 Å². The predicted octanol–water partition coefficient (Wildman–Crippen LogP) is 2.23. The molecule has 98 valence electrons. The minimum atomic E-state index is -0.0333. The zero-order chi connectivity index (χ0) is 13.4. The maximum atomic E-state index is 11.7. The van der Waals surface area contributed by atoms with E-state index in [0.29, 0.717) is 6.54 Å². The van der Waals surface area contributed by atoms with Gasteiger partial charge in [-0.15, -0.1) is 0 Å². The molecule has 0 fully saturated rings. The fourth-order valence-corrected chi connectivity index (χ4v) is 3.05.